The monoisotopic (exact) mass is 194 g/mol. The lowest BCUT2D eigenvalue weighted by atomic mass is 10.1. The Morgan fingerprint density at radius 1 is 1.56 bits per heavy atom. The van der Waals surface area contributed by atoms with E-state index in [-0.39, 0.29) is 16.7 Å². The Labute approximate surface area is 63.7 Å². The van der Waals surface area contributed by atoms with Gasteiger partial charge in [0.2, 0.25) is 0 Å². The van der Waals surface area contributed by atoms with Gasteiger partial charge in [0.25, 0.3) is 0 Å². The maximum absolute atomic E-state index is 5.16. The highest BCUT2D eigenvalue weighted by molar-refractivity contribution is 9.10. The molecule has 0 saturated carbocycles. The molecular weight excluding hydrogens is 184 g/mol. The molecule has 2 unspecified atom stereocenters. The van der Waals surface area contributed by atoms with Crippen LogP contribution in [0.2, 0.25) is 0 Å². The summed E-state index contributed by atoms with van der Waals surface area (Å²) in [6.07, 6.45) is 0.238. The largest absolute Gasteiger partial charge is 0.353 e. The van der Waals surface area contributed by atoms with Gasteiger partial charge in [0.05, 0.1) is 4.32 Å². The summed E-state index contributed by atoms with van der Waals surface area (Å²) in [5, 5.41) is 0. The first-order chi connectivity index (χ1) is 4.05. The Morgan fingerprint density at radius 2 is 2.11 bits per heavy atom. The lowest BCUT2D eigenvalue weighted by Gasteiger charge is -2.10. The fraction of sp³-hybridized carbons (Fsp3) is 1.00. The van der Waals surface area contributed by atoms with Gasteiger partial charge < -0.3 is 9.47 Å². The van der Waals surface area contributed by atoms with E-state index in [9.17, 15) is 0 Å². The first kappa shape index (κ1) is 7.51. The minimum absolute atomic E-state index is 0.0133. The van der Waals surface area contributed by atoms with Crippen LogP contribution in [0.5, 0.6) is 0 Å². The van der Waals surface area contributed by atoms with E-state index in [4.69, 9.17) is 9.47 Å². The molecule has 1 aliphatic heterocycles. The molecule has 0 N–H and O–H groups in total. The zero-order valence-electron chi connectivity index (χ0n) is 5.85. The molecule has 0 spiro atoms. The molecule has 2 atom stereocenters. The van der Waals surface area contributed by atoms with Crippen molar-refractivity contribution >= 4 is 15.9 Å². The van der Waals surface area contributed by atoms with Gasteiger partial charge >= 0.3 is 0 Å². The third-order valence-corrected chi connectivity index (χ3v) is 1.81. The number of ether oxygens (including phenoxy) is 2. The van der Waals surface area contributed by atoms with Crippen LogP contribution in [0.1, 0.15) is 13.8 Å². The lowest BCUT2D eigenvalue weighted by Crippen LogP contribution is -2.20. The van der Waals surface area contributed by atoms with Gasteiger partial charge in [-0.1, -0.05) is 15.9 Å². The second kappa shape index (κ2) is 2.22. The molecule has 1 heterocycles. The van der Waals surface area contributed by atoms with Crippen molar-refractivity contribution in [3.8, 4) is 0 Å². The van der Waals surface area contributed by atoms with Crippen molar-refractivity contribution < 1.29 is 9.47 Å². The number of halogens is 1. The van der Waals surface area contributed by atoms with Gasteiger partial charge in [-0.3, -0.25) is 0 Å². The van der Waals surface area contributed by atoms with Crippen molar-refractivity contribution in [1.82, 2.24) is 0 Å². The number of alkyl halides is 1. The molecule has 0 aliphatic carbocycles. The molecule has 3 heteroatoms. The number of epoxide rings is 1. The van der Waals surface area contributed by atoms with Crippen LogP contribution >= 0.6 is 15.9 Å². The summed E-state index contributed by atoms with van der Waals surface area (Å²) in [5.41, 5.74) is 0. The number of rotatable bonds is 2. The van der Waals surface area contributed by atoms with Gasteiger partial charge in [0.1, 0.15) is 6.10 Å². The molecule has 0 aromatic rings. The Kier molecular flexibility index (Phi) is 1.85. The highest BCUT2D eigenvalue weighted by Gasteiger charge is 2.48. The van der Waals surface area contributed by atoms with Gasteiger partial charge in [-0.25, -0.2) is 0 Å². The first-order valence-electron chi connectivity index (χ1n) is 2.93. The summed E-state index contributed by atoms with van der Waals surface area (Å²) < 4.78 is 10.2. The van der Waals surface area contributed by atoms with Crippen LogP contribution in [-0.4, -0.2) is 23.8 Å². The summed E-state index contributed by atoms with van der Waals surface area (Å²) in [6.45, 7) is 4.13. The Hall–Kier alpha value is 0.400. The van der Waals surface area contributed by atoms with Crippen LogP contribution < -0.4 is 0 Å². The second-order valence-electron chi connectivity index (χ2n) is 2.73. The maximum Gasteiger partial charge on any atom is 0.185 e. The quantitative estimate of drug-likeness (QED) is 0.492. The smallest absolute Gasteiger partial charge is 0.185 e. The molecule has 0 aromatic carbocycles. The fourth-order valence-electron chi connectivity index (χ4n) is 0.764. The predicted octanol–water partition coefficient (Wildman–Crippen LogP) is 1.53. The zero-order valence-corrected chi connectivity index (χ0v) is 7.44. The summed E-state index contributed by atoms with van der Waals surface area (Å²) in [6, 6.07) is 0. The summed E-state index contributed by atoms with van der Waals surface area (Å²) >= 11 is 3.48. The van der Waals surface area contributed by atoms with Gasteiger partial charge in [-0.05, 0) is 13.8 Å². The molecule has 54 valence electrons. The summed E-state index contributed by atoms with van der Waals surface area (Å²) in [4.78, 5) is 0. The average Bonchev–Trinajstić information content (AvgIpc) is 2.39. The van der Waals surface area contributed by atoms with Crippen molar-refractivity contribution in [3.63, 3.8) is 0 Å². The van der Waals surface area contributed by atoms with E-state index in [2.05, 4.69) is 29.8 Å². The number of hydrogen-bond donors (Lipinski definition) is 0. The van der Waals surface area contributed by atoms with Gasteiger partial charge in [-0.2, -0.15) is 0 Å². The van der Waals surface area contributed by atoms with E-state index in [1.807, 2.05) is 0 Å². The zero-order chi connectivity index (χ0) is 7.07. The molecule has 0 amide bonds. The molecule has 1 saturated heterocycles. The van der Waals surface area contributed by atoms with Crippen LogP contribution in [0, 0.1) is 0 Å². The molecular formula is C6H11BrO2. The van der Waals surface area contributed by atoms with E-state index >= 15 is 0 Å². The minimum Gasteiger partial charge on any atom is -0.353 e. The molecule has 1 aliphatic rings. The van der Waals surface area contributed by atoms with Crippen LogP contribution in [0.3, 0.4) is 0 Å². The highest BCUT2D eigenvalue weighted by Crippen LogP contribution is 2.37. The van der Waals surface area contributed by atoms with Crippen LogP contribution in [0.25, 0.3) is 0 Å². The van der Waals surface area contributed by atoms with Crippen LogP contribution in [-0.2, 0) is 9.47 Å². The molecule has 1 rings (SSSR count). The fourth-order valence-corrected chi connectivity index (χ4v) is 1.09. The first-order valence-corrected chi connectivity index (χ1v) is 3.72. The van der Waals surface area contributed by atoms with E-state index in [1.165, 1.54) is 0 Å². The highest BCUT2D eigenvalue weighted by atomic mass is 79.9. The van der Waals surface area contributed by atoms with E-state index in [1.54, 1.807) is 7.11 Å². The SMILES string of the molecule is COC1OC1C(C)(C)Br. The van der Waals surface area contributed by atoms with E-state index < -0.39 is 0 Å². The van der Waals surface area contributed by atoms with Crippen molar-refractivity contribution in [2.24, 2.45) is 0 Å². The van der Waals surface area contributed by atoms with Crippen molar-refractivity contribution in [2.75, 3.05) is 7.11 Å². The Balaban J connectivity index is 2.33. The molecule has 9 heavy (non-hydrogen) atoms. The average molecular weight is 195 g/mol. The van der Waals surface area contributed by atoms with E-state index in [0.717, 1.165) is 0 Å². The molecule has 0 bridgehead atoms. The van der Waals surface area contributed by atoms with Gasteiger partial charge in [-0.15, -0.1) is 0 Å². The van der Waals surface area contributed by atoms with Gasteiger partial charge in [0.15, 0.2) is 6.29 Å². The summed E-state index contributed by atoms with van der Waals surface area (Å²) in [7, 11) is 1.66. The van der Waals surface area contributed by atoms with Crippen molar-refractivity contribution in [1.29, 1.82) is 0 Å². The van der Waals surface area contributed by atoms with Crippen molar-refractivity contribution in [2.45, 2.75) is 30.6 Å². The predicted molar refractivity (Wildman–Crippen MR) is 38.7 cm³/mol. The molecule has 1 fully saturated rings. The minimum atomic E-state index is 0.0133. The number of hydrogen-bond acceptors (Lipinski definition) is 2. The van der Waals surface area contributed by atoms with Crippen LogP contribution in [0.15, 0.2) is 0 Å². The lowest BCUT2D eigenvalue weighted by molar-refractivity contribution is 0.0950. The Bertz CT molecular complexity index is 108. The maximum atomic E-state index is 5.16. The molecule has 0 radical (unpaired) electrons. The third kappa shape index (κ3) is 1.66. The molecule has 0 aromatic heterocycles. The van der Waals surface area contributed by atoms with E-state index in [0.29, 0.717) is 0 Å². The van der Waals surface area contributed by atoms with Crippen molar-refractivity contribution in [3.05, 3.63) is 0 Å². The normalized spacial score (nSPS) is 34.7. The second-order valence-corrected chi connectivity index (χ2v) is 4.77. The third-order valence-electron chi connectivity index (χ3n) is 1.36. The topological polar surface area (TPSA) is 21.8 Å². The van der Waals surface area contributed by atoms with Crippen LogP contribution in [0.4, 0.5) is 0 Å². The standard InChI is InChI=1S/C6H11BrO2/c1-6(2,7)4-5(8-3)9-4/h4-5H,1-3H3. The summed E-state index contributed by atoms with van der Waals surface area (Å²) in [5.74, 6) is 0. The van der Waals surface area contributed by atoms with Gasteiger partial charge in [0, 0.05) is 7.11 Å². The molecule has 2 nitrogen and oxygen atoms in total. The Morgan fingerprint density at radius 3 is 2.22 bits per heavy atom. The number of methoxy groups -OCH3 is 1.